The molecule has 0 amide bonds. The van der Waals surface area contributed by atoms with E-state index in [0.29, 0.717) is 6.42 Å². The zero-order valence-corrected chi connectivity index (χ0v) is 16.8. The van der Waals surface area contributed by atoms with Crippen LogP contribution >= 0.6 is 0 Å². The molecule has 0 radical (unpaired) electrons. The van der Waals surface area contributed by atoms with Crippen molar-refractivity contribution in [3.05, 3.63) is 0 Å². The Morgan fingerprint density at radius 1 is 1.04 bits per heavy atom. The summed E-state index contributed by atoms with van der Waals surface area (Å²) in [4.78, 5) is 0. The van der Waals surface area contributed by atoms with Crippen LogP contribution in [0.4, 0.5) is 0 Å². The lowest BCUT2D eigenvalue weighted by Gasteiger charge is -2.60. The van der Waals surface area contributed by atoms with Crippen molar-refractivity contribution in [1.29, 1.82) is 0 Å². The second-order valence-corrected chi connectivity index (χ2v) is 10.8. The van der Waals surface area contributed by atoms with Crippen molar-refractivity contribution in [2.75, 3.05) is 6.61 Å². The van der Waals surface area contributed by atoms with Gasteiger partial charge in [-0.1, -0.05) is 20.8 Å². The summed E-state index contributed by atoms with van der Waals surface area (Å²) in [6, 6.07) is 0. The van der Waals surface area contributed by atoms with E-state index in [4.69, 9.17) is 4.74 Å². The van der Waals surface area contributed by atoms with Crippen LogP contribution in [0.2, 0.25) is 0 Å². The third-order valence-corrected chi connectivity index (χ3v) is 10.4. The van der Waals surface area contributed by atoms with E-state index in [2.05, 4.69) is 0 Å². The first-order valence-electron chi connectivity index (χ1n) is 10.3. The van der Waals surface area contributed by atoms with Crippen molar-refractivity contribution in [1.82, 2.24) is 0 Å². The average molecular weight is 400 g/mol. The third kappa shape index (κ3) is 1.21. The molecule has 8 heteroatoms. The molecule has 7 N–H and O–H groups in total. The summed E-state index contributed by atoms with van der Waals surface area (Å²) in [6.07, 6.45) is -1.24. The molecule has 4 saturated carbocycles. The van der Waals surface area contributed by atoms with E-state index in [1.165, 1.54) is 6.92 Å². The van der Waals surface area contributed by atoms with Gasteiger partial charge in [-0.25, -0.2) is 0 Å². The molecule has 2 aliphatic heterocycles. The number of aliphatic hydroxyl groups is 7. The minimum atomic E-state index is -2.32. The molecule has 2 heterocycles. The minimum Gasteiger partial charge on any atom is -0.396 e. The van der Waals surface area contributed by atoms with E-state index in [-0.39, 0.29) is 25.2 Å². The predicted molar refractivity (Wildman–Crippen MR) is 94.7 cm³/mol. The van der Waals surface area contributed by atoms with Crippen molar-refractivity contribution in [3.8, 4) is 0 Å². The first-order chi connectivity index (χ1) is 12.6. The molecule has 0 aromatic carbocycles. The molecular weight excluding hydrogens is 368 g/mol. The Kier molecular flexibility index (Phi) is 3.14. The highest BCUT2D eigenvalue weighted by atomic mass is 16.7. The summed E-state index contributed by atoms with van der Waals surface area (Å²) < 4.78 is 6.08. The van der Waals surface area contributed by atoms with Crippen LogP contribution in [-0.4, -0.2) is 82.2 Å². The maximum Gasteiger partial charge on any atom is 0.178 e. The number of rotatable bonds is 2. The first kappa shape index (κ1) is 19.6. The molecule has 6 bridgehead atoms. The topological polar surface area (TPSA) is 151 Å². The van der Waals surface area contributed by atoms with Gasteiger partial charge in [0.25, 0.3) is 0 Å². The Bertz CT molecular complexity index is 777. The van der Waals surface area contributed by atoms with E-state index >= 15 is 0 Å². The fourth-order valence-corrected chi connectivity index (χ4v) is 8.67. The van der Waals surface area contributed by atoms with Crippen molar-refractivity contribution >= 4 is 0 Å². The second-order valence-electron chi connectivity index (χ2n) is 10.8. The SMILES string of the molecule is CC(CO)[C@@]1(O)C[C@@]2(O)[C@@]3(C)CC4(O)O[C@@]5([C@H](O)[C@@H](C)CC[C@]35O)[C@@]2(O)[C@]41C. The molecule has 2 unspecified atom stereocenters. The summed E-state index contributed by atoms with van der Waals surface area (Å²) >= 11 is 0. The zero-order valence-electron chi connectivity index (χ0n) is 16.8. The highest BCUT2D eigenvalue weighted by molar-refractivity contribution is 5.54. The molecule has 0 aromatic rings. The fourth-order valence-electron chi connectivity index (χ4n) is 8.67. The van der Waals surface area contributed by atoms with Gasteiger partial charge in [-0.05, 0) is 25.7 Å². The quantitative estimate of drug-likeness (QED) is 0.300. The highest BCUT2D eigenvalue weighted by Gasteiger charge is 3.07. The van der Waals surface area contributed by atoms with E-state index in [9.17, 15) is 35.7 Å². The van der Waals surface area contributed by atoms with Crippen LogP contribution in [0.1, 0.15) is 53.4 Å². The molecule has 2 saturated heterocycles. The van der Waals surface area contributed by atoms with Crippen LogP contribution in [0.5, 0.6) is 0 Å². The molecule has 4 aliphatic carbocycles. The number of hydrogen-bond donors (Lipinski definition) is 7. The predicted octanol–water partition coefficient (Wildman–Crippen LogP) is -1.38. The summed E-state index contributed by atoms with van der Waals surface area (Å²) in [5.41, 5.74) is -13.4. The Morgan fingerprint density at radius 2 is 1.64 bits per heavy atom. The minimum absolute atomic E-state index is 0.187. The van der Waals surface area contributed by atoms with Crippen LogP contribution in [0.3, 0.4) is 0 Å². The van der Waals surface area contributed by atoms with Crippen molar-refractivity contribution in [2.45, 2.75) is 93.3 Å². The van der Waals surface area contributed by atoms with Gasteiger partial charge >= 0.3 is 0 Å². The zero-order chi connectivity index (χ0) is 21.0. The van der Waals surface area contributed by atoms with Gasteiger partial charge in [0.1, 0.15) is 16.8 Å². The lowest BCUT2D eigenvalue weighted by molar-refractivity contribution is -0.390. The van der Waals surface area contributed by atoms with Crippen LogP contribution in [0, 0.1) is 22.7 Å². The van der Waals surface area contributed by atoms with Crippen molar-refractivity contribution < 1.29 is 40.5 Å². The van der Waals surface area contributed by atoms with Gasteiger partial charge in [0, 0.05) is 30.8 Å². The second kappa shape index (κ2) is 4.48. The molecule has 8 nitrogen and oxygen atoms in total. The molecule has 0 aromatic heterocycles. The van der Waals surface area contributed by atoms with E-state index in [0.717, 1.165) is 0 Å². The van der Waals surface area contributed by atoms with Gasteiger partial charge in [0.05, 0.1) is 17.1 Å². The van der Waals surface area contributed by atoms with Crippen LogP contribution in [0.15, 0.2) is 0 Å². The molecule has 6 fully saturated rings. The maximum atomic E-state index is 12.3. The largest absolute Gasteiger partial charge is 0.396 e. The third-order valence-electron chi connectivity index (χ3n) is 10.4. The normalized spacial score (nSPS) is 70.4. The van der Waals surface area contributed by atoms with Gasteiger partial charge in [0.15, 0.2) is 11.4 Å². The fraction of sp³-hybridized carbons (Fsp3) is 1.00. The summed E-state index contributed by atoms with van der Waals surface area (Å²) in [5, 5.41) is 80.8. The van der Waals surface area contributed by atoms with Crippen LogP contribution in [-0.2, 0) is 4.74 Å². The number of hydrogen-bond acceptors (Lipinski definition) is 8. The molecule has 1 spiro atoms. The summed E-state index contributed by atoms with van der Waals surface area (Å²) in [7, 11) is 0. The molecule has 160 valence electrons. The molecule has 11 atom stereocenters. The Labute approximate surface area is 163 Å². The number of aliphatic hydroxyl groups excluding tert-OH is 2. The Hall–Kier alpha value is -0.320. The number of ether oxygens (including phenoxy) is 1. The van der Waals surface area contributed by atoms with Crippen molar-refractivity contribution in [3.63, 3.8) is 0 Å². The molecule has 6 rings (SSSR count). The first-order valence-corrected chi connectivity index (χ1v) is 10.3. The standard InChI is InChI=1S/C20H32O8/c1-10-5-6-16(24)13(3)8-18(26)14(4)15(23,11(2)7-21)9-17(13,25)20(14,27)19(16,28-18)12(10)22/h10-12,21-27H,5-9H2,1-4H3/t10-,11?,12+,13-,14-,15-,16-,17+,18?,19+,20+/m0/s1. The monoisotopic (exact) mass is 400 g/mol. The molecule has 6 aliphatic rings. The van der Waals surface area contributed by atoms with Gasteiger partial charge in [-0.3, -0.25) is 0 Å². The van der Waals surface area contributed by atoms with E-state index in [1.54, 1.807) is 20.8 Å². The smallest absolute Gasteiger partial charge is 0.178 e. The molecular formula is C20H32O8. The van der Waals surface area contributed by atoms with Gasteiger partial charge in [-0.15, -0.1) is 0 Å². The van der Waals surface area contributed by atoms with Crippen molar-refractivity contribution in [2.24, 2.45) is 22.7 Å². The van der Waals surface area contributed by atoms with E-state index < -0.39 is 63.3 Å². The summed E-state index contributed by atoms with van der Waals surface area (Å²) in [6.45, 7) is 5.97. The summed E-state index contributed by atoms with van der Waals surface area (Å²) in [5.74, 6) is -3.25. The highest BCUT2D eigenvalue weighted by Crippen LogP contribution is 2.90. The Morgan fingerprint density at radius 3 is 2.21 bits per heavy atom. The van der Waals surface area contributed by atoms with Gasteiger partial charge in [-0.2, -0.15) is 0 Å². The van der Waals surface area contributed by atoms with Crippen LogP contribution in [0.25, 0.3) is 0 Å². The van der Waals surface area contributed by atoms with Gasteiger partial charge in [0.2, 0.25) is 0 Å². The maximum absolute atomic E-state index is 12.3. The lowest BCUT2D eigenvalue weighted by atomic mass is 9.52. The molecule has 28 heavy (non-hydrogen) atoms. The van der Waals surface area contributed by atoms with Crippen LogP contribution < -0.4 is 0 Å². The van der Waals surface area contributed by atoms with E-state index in [1.807, 2.05) is 0 Å². The lowest BCUT2D eigenvalue weighted by Crippen LogP contribution is -2.75. The Balaban J connectivity index is 1.91. The average Bonchev–Trinajstić information content (AvgIpc) is 2.88. The van der Waals surface area contributed by atoms with Gasteiger partial charge < -0.3 is 40.5 Å².